The largest absolute Gasteiger partial charge is 0.342 e. The lowest BCUT2D eigenvalue weighted by molar-refractivity contribution is -0.133. The molecule has 0 saturated carbocycles. The van der Waals surface area contributed by atoms with Crippen LogP contribution in [0, 0.1) is 23.2 Å². The Hall–Kier alpha value is -1.04. The van der Waals surface area contributed by atoms with Gasteiger partial charge in [-0.25, -0.2) is 0 Å². The minimum Gasteiger partial charge on any atom is -0.342 e. The van der Waals surface area contributed by atoms with Gasteiger partial charge in [-0.3, -0.25) is 4.79 Å². The first-order valence-corrected chi connectivity index (χ1v) is 6.37. The van der Waals surface area contributed by atoms with Crippen molar-refractivity contribution >= 4 is 5.91 Å². The molecule has 1 heterocycles. The van der Waals surface area contributed by atoms with Crippen LogP contribution in [0.5, 0.6) is 0 Å². The Labute approximate surface area is 98.4 Å². The number of nitrogens with zero attached hydrogens (tertiary/aromatic N) is 2. The highest BCUT2D eigenvalue weighted by Crippen LogP contribution is 2.19. The van der Waals surface area contributed by atoms with Crippen molar-refractivity contribution in [3.05, 3.63) is 0 Å². The van der Waals surface area contributed by atoms with E-state index in [1.54, 1.807) is 0 Å². The molecule has 1 saturated heterocycles. The maximum absolute atomic E-state index is 12.1. The van der Waals surface area contributed by atoms with Crippen LogP contribution in [0.25, 0.3) is 0 Å². The second-order valence-corrected chi connectivity index (χ2v) is 4.83. The Kier molecular flexibility index (Phi) is 5.31. The van der Waals surface area contributed by atoms with Crippen molar-refractivity contribution in [3.8, 4) is 6.07 Å². The summed E-state index contributed by atoms with van der Waals surface area (Å²) in [4.78, 5) is 14.0. The van der Waals surface area contributed by atoms with E-state index in [2.05, 4.69) is 13.0 Å². The van der Waals surface area contributed by atoms with Gasteiger partial charge in [0.25, 0.3) is 0 Å². The quantitative estimate of drug-likeness (QED) is 0.736. The second-order valence-electron chi connectivity index (χ2n) is 4.83. The third-order valence-corrected chi connectivity index (χ3v) is 3.36. The highest BCUT2D eigenvalue weighted by atomic mass is 16.2. The fourth-order valence-corrected chi connectivity index (χ4v) is 2.24. The fraction of sp³-hybridized carbons (Fsp3) is 0.846. The smallest absolute Gasteiger partial charge is 0.239 e. The Morgan fingerprint density at radius 3 is 2.88 bits per heavy atom. The molecule has 16 heavy (non-hydrogen) atoms. The van der Waals surface area contributed by atoms with Gasteiger partial charge >= 0.3 is 0 Å². The van der Waals surface area contributed by atoms with E-state index in [9.17, 15) is 4.79 Å². The van der Waals surface area contributed by atoms with Gasteiger partial charge in [0.05, 0.1) is 6.07 Å². The molecule has 3 nitrogen and oxygen atoms in total. The van der Waals surface area contributed by atoms with E-state index in [1.807, 2.05) is 11.8 Å². The SMILES string of the molecule is CCCC(C#N)C(=O)N1CCCC(C)CC1. The number of hydrogen-bond acceptors (Lipinski definition) is 2. The van der Waals surface area contributed by atoms with Gasteiger partial charge in [-0.1, -0.05) is 20.3 Å². The Morgan fingerprint density at radius 1 is 1.50 bits per heavy atom. The van der Waals surface area contributed by atoms with Crippen LogP contribution in [0.2, 0.25) is 0 Å². The molecular weight excluding hydrogens is 200 g/mol. The predicted molar refractivity (Wildman–Crippen MR) is 63.6 cm³/mol. The van der Waals surface area contributed by atoms with Crippen molar-refractivity contribution < 1.29 is 4.79 Å². The van der Waals surface area contributed by atoms with Gasteiger partial charge in [-0.2, -0.15) is 5.26 Å². The van der Waals surface area contributed by atoms with Crippen molar-refractivity contribution in [1.82, 2.24) is 4.90 Å². The summed E-state index contributed by atoms with van der Waals surface area (Å²) in [6, 6.07) is 2.14. The molecule has 1 amide bonds. The predicted octanol–water partition coefficient (Wildman–Crippen LogP) is 2.57. The van der Waals surface area contributed by atoms with E-state index in [0.717, 1.165) is 32.4 Å². The molecule has 0 aromatic carbocycles. The lowest BCUT2D eigenvalue weighted by Crippen LogP contribution is -2.36. The van der Waals surface area contributed by atoms with Crippen LogP contribution in [0.1, 0.15) is 46.0 Å². The maximum Gasteiger partial charge on any atom is 0.239 e. The van der Waals surface area contributed by atoms with Crippen LogP contribution in [-0.4, -0.2) is 23.9 Å². The number of amides is 1. The summed E-state index contributed by atoms with van der Waals surface area (Å²) in [6.07, 6.45) is 4.96. The molecular formula is C13H22N2O. The maximum atomic E-state index is 12.1. The third kappa shape index (κ3) is 3.52. The summed E-state index contributed by atoms with van der Waals surface area (Å²) in [5, 5.41) is 8.98. The molecule has 2 unspecified atom stereocenters. The van der Waals surface area contributed by atoms with Crippen molar-refractivity contribution in [2.24, 2.45) is 11.8 Å². The summed E-state index contributed by atoms with van der Waals surface area (Å²) in [6.45, 7) is 5.93. The van der Waals surface area contributed by atoms with E-state index in [-0.39, 0.29) is 5.91 Å². The van der Waals surface area contributed by atoms with Gasteiger partial charge in [-0.05, 0) is 31.6 Å². The topological polar surface area (TPSA) is 44.1 Å². The normalized spacial score (nSPS) is 23.3. The van der Waals surface area contributed by atoms with Crippen LogP contribution in [-0.2, 0) is 4.79 Å². The fourth-order valence-electron chi connectivity index (χ4n) is 2.24. The zero-order chi connectivity index (χ0) is 12.0. The zero-order valence-electron chi connectivity index (χ0n) is 10.4. The first-order chi connectivity index (χ1) is 7.69. The highest BCUT2D eigenvalue weighted by molar-refractivity contribution is 5.81. The minimum atomic E-state index is -0.418. The van der Waals surface area contributed by atoms with E-state index >= 15 is 0 Å². The van der Waals surface area contributed by atoms with Gasteiger partial charge in [-0.15, -0.1) is 0 Å². The first-order valence-electron chi connectivity index (χ1n) is 6.37. The van der Waals surface area contributed by atoms with Crippen LogP contribution < -0.4 is 0 Å². The molecule has 90 valence electrons. The molecule has 0 N–H and O–H groups in total. The van der Waals surface area contributed by atoms with E-state index in [0.29, 0.717) is 12.3 Å². The average molecular weight is 222 g/mol. The van der Waals surface area contributed by atoms with Crippen molar-refractivity contribution in [2.75, 3.05) is 13.1 Å². The van der Waals surface area contributed by atoms with E-state index < -0.39 is 5.92 Å². The molecule has 0 spiro atoms. The zero-order valence-corrected chi connectivity index (χ0v) is 10.4. The summed E-state index contributed by atoms with van der Waals surface area (Å²) in [5.41, 5.74) is 0. The molecule has 3 heteroatoms. The van der Waals surface area contributed by atoms with Gasteiger partial charge in [0.2, 0.25) is 5.91 Å². The summed E-state index contributed by atoms with van der Waals surface area (Å²) in [7, 11) is 0. The van der Waals surface area contributed by atoms with Crippen LogP contribution in [0.15, 0.2) is 0 Å². The number of hydrogen-bond donors (Lipinski definition) is 0. The molecule has 0 bridgehead atoms. The number of nitriles is 1. The Balaban J connectivity index is 2.55. The Bertz CT molecular complexity index is 270. The summed E-state index contributed by atoms with van der Waals surface area (Å²) in [5.74, 6) is 0.348. The van der Waals surface area contributed by atoms with Crippen LogP contribution in [0.3, 0.4) is 0 Å². The lowest BCUT2D eigenvalue weighted by atomic mass is 10.0. The average Bonchev–Trinajstić information content (AvgIpc) is 2.50. The molecule has 2 atom stereocenters. The molecule has 0 radical (unpaired) electrons. The molecule has 1 rings (SSSR count). The van der Waals surface area contributed by atoms with E-state index in [1.165, 1.54) is 6.42 Å². The number of carbonyl (C=O) groups is 1. The second kappa shape index (κ2) is 6.52. The monoisotopic (exact) mass is 222 g/mol. The molecule has 0 aromatic heterocycles. The third-order valence-electron chi connectivity index (χ3n) is 3.36. The number of rotatable bonds is 3. The molecule has 1 aliphatic rings. The number of likely N-dealkylation sites (tertiary alicyclic amines) is 1. The van der Waals surface area contributed by atoms with Crippen molar-refractivity contribution in [3.63, 3.8) is 0 Å². The summed E-state index contributed by atoms with van der Waals surface area (Å²) >= 11 is 0. The molecule has 1 fully saturated rings. The van der Waals surface area contributed by atoms with Gasteiger partial charge < -0.3 is 4.90 Å². The standard InChI is InChI=1S/C13H22N2O/c1-3-5-12(10-14)13(16)15-8-4-6-11(2)7-9-15/h11-12H,3-9H2,1-2H3. The first kappa shape index (κ1) is 13.0. The van der Waals surface area contributed by atoms with Gasteiger partial charge in [0, 0.05) is 13.1 Å². The summed E-state index contributed by atoms with van der Waals surface area (Å²) < 4.78 is 0. The van der Waals surface area contributed by atoms with Crippen LogP contribution in [0.4, 0.5) is 0 Å². The molecule has 0 aliphatic carbocycles. The van der Waals surface area contributed by atoms with E-state index in [4.69, 9.17) is 5.26 Å². The van der Waals surface area contributed by atoms with Crippen molar-refractivity contribution in [1.29, 1.82) is 5.26 Å². The molecule has 0 aromatic rings. The van der Waals surface area contributed by atoms with Crippen LogP contribution >= 0.6 is 0 Å². The molecule has 1 aliphatic heterocycles. The lowest BCUT2D eigenvalue weighted by Gasteiger charge is -2.22. The number of carbonyl (C=O) groups excluding carboxylic acids is 1. The van der Waals surface area contributed by atoms with Gasteiger partial charge in [0.1, 0.15) is 5.92 Å². The highest BCUT2D eigenvalue weighted by Gasteiger charge is 2.24. The minimum absolute atomic E-state index is 0.0541. The van der Waals surface area contributed by atoms with Crippen molar-refractivity contribution in [2.45, 2.75) is 46.0 Å². The van der Waals surface area contributed by atoms with Gasteiger partial charge in [0.15, 0.2) is 0 Å². The Morgan fingerprint density at radius 2 is 2.25 bits per heavy atom.